The molecule has 76 valence electrons. The van der Waals surface area contributed by atoms with E-state index in [0.717, 1.165) is 12.1 Å². The molecule has 0 radical (unpaired) electrons. The van der Waals surface area contributed by atoms with Crippen LogP contribution in [0.15, 0.2) is 24.3 Å². The number of hydrogen-bond donors (Lipinski definition) is 1. The van der Waals surface area contributed by atoms with Crippen LogP contribution in [0.25, 0.3) is 0 Å². The average Bonchev–Trinajstić information content (AvgIpc) is 2.18. The van der Waals surface area contributed by atoms with Gasteiger partial charge in [-0.2, -0.15) is 0 Å². The van der Waals surface area contributed by atoms with E-state index >= 15 is 0 Å². The summed E-state index contributed by atoms with van der Waals surface area (Å²) in [6.07, 6.45) is 1.50. The molecular formula is C11H14BrNO. The molecule has 0 aliphatic heterocycles. The maximum Gasteiger partial charge on any atom is 0.225 e. The van der Waals surface area contributed by atoms with Crippen molar-refractivity contribution in [2.45, 2.75) is 19.8 Å². The summed E-state index contributed by atoms with van der Waals surface area (Å²) in [7, 11) is 0. The third-order valence-electron chi connectivity index (χ3n) is 1.94. The summed E-state index contributed by atoms with van der Waals surface area (Å²) in [6.45, 7) is 2.10. The fraction of sp³-hybridized carbons (Fsp3) is 0.364. The van der Waals surface area contributed by atoms with Crippen LogP contribution in [0, 0.1) is 0 Å². The molecule has 1 N–H and O–H groups in total. The molecule has 1 rings (SSSR count). The topological polar surface area (TPSA) is 29.1 Å². The predicted octanol–water partition coefficient (Wildman–Crippen LogP) is 2.97. The molecule has 3 heteroatoms. The molecule has 0 spiro atoms. The second-order valence-electron chi connectivity index (χ2n) is 3.04. The lowest BCUT2D eigenvalue weighted by molar-refractivity contribution is -0.115. The number of hydrogen-bond acceptors (Lipinski definition) is 1. The summed E-state index contributed by atoms with van der Waals surface area (Å²) in [5.74, 6) is 0.0510. The minimum atomic E-state index is 0.0510. The van der Waals surface area contributed by atoms with Gasteiger partial charge in [0.25, 0.3) is 0 Å². The molecule has 1 aromatic carbocycles. The number of benzene rings is 1. The van der Waals surface area contributed by atoms with E-state index in [9.17, 15) is 4.79 Å². The highest BCUT2D eigenvalue weighted by Gasteiger charge is 2.00. The fourth-order valence-electron chi connectivity index (χ4n) is 1.18. The monoisotopic (exact) mass is 255 g/mol. The van der Waals surface area contributed by atoms with Gasteiger partial charge in [0, 0.05) is 17.4 Å². The molecule has 0 fully saturated rings. The number of halogens is 1. The maximum atomic E-state index is 11.3. The molecule has 0 aliphatic rings. The summed E-state index contributed by atoms with van der Waals surface area (Å²) in [5.41, 5.74) is 2.12. The van der Waals surface area contributed by atoms with Gasteiger partial charge in [-0.1, -0.05) is 35.0 Å². The lowest BCUT2D eigenvalue weighted by atomic mass is 10.1. The number of carbonyl (C=O) groups excluding carboxylic acids is 1. The van der Waals surface area contributed by atoms with Gasteiger partial charge in [0.15, 0.2) is 0 Å². The number of nitrogens with one attached hydrogen (secondary N) is 1. The minimum absolute atomic E-state index is 0.0510. The van der Waals surface area contributed by atoms with Crippen molar-refractivity contribution in [2.75, 3.05) is 10.6 Å². The Morgan fingerprint density at radius 3 is 2.93 bits per heavy atom. The number of aryl methyl sites for hydroxylation is 1. The predicted molar refractivity (Wildman–Crippen MR) is 62.9 cm³/mol. The lowest BCUT2D eigenvalue weighted by Crippen LogP contribution is -2.11. The molecule has 2 nitrogen and oxygen atoms in total. The number of rotatable bonds is 4. The van der Waals surface area contributed by atoms with Crippen molar-refractivity contribution in [1.82, 2.24) is 0 Å². The Balaban J connectivity index is 2.62. The van der Waals surface area contributed by atoms with E-state index in [0.29, 0.717) is 11.8 Å². The summed E-state index contributed by atoms with van der Waals surface area (Å²) < 4.78 is 0. The van der Waals surface area contributed by atoms with E-state index in [1.807, 2.05) is 18.2 Å². The second-order valence-corrected chi connectivity index (χ2v) is 3.83. The molecule has 0 aliphatic carbocycles. The first-order chi connectivity index (χ1) is 6.76. The number of anilines is 1. The van der Waals surface area contributed by atoms with Gasteiger partial charge >= 0.3 is 0 Å². The third kappa shape index (κ3) is 3.50. The summed E-state index contributed by atoms with van der Waals surface area (Å²) in [6, 6.07) is 7.93. The summed E-state index contributed by atoms with van der Waals surface area (Å²) in [4.78, 5) is 11.3. The Morgan fingerprint density at radius 1 is 1.50 bits per heavy atom. The van der Waals surface area contributed by atoms with Crippen LogP contribution in [0.3, 0.4) is 0 Å². The third-order valence-corrected chi connectivity index (χ3v) is 2.34. The molecule has 0 unspecified atom stereocenters. The smallest absolute Gasteiger partial charge is 0.225 e. The Hall–Kier alpha value is -0.830. The number of amides is 1. The van der Waals surface area contributed by atoms with Crippen LogP contribution in [0.2, 0.25) is 0 Å². The normalized spacial score (nSPS) is 9.86. The van der Waals surface area contributed by atoms with Crippen LogP contribution in [-0.4, -0.2) is 11.2 Å². The Morgan fingerprint density at radius 2 is 2.29 bits per heavy atom. The zero-order valence-electron chi connectivity index (χ0n) is 8.22. The first kappa shape index (κ1) is 11.2. The highest BCUT2D eigenvalue weighted by molar-refractivity contribution is 9.09. The molecule has 14 heavy (non-hydrogen) atoms. The molecule has 1 aromatic rings. The largest absolute Gasteiger partial charge is 0.326 e. The molecular weight excluding hydrogens is 242 g/mol. The standard InChI is InChI=1S/C11H14BrNO/c1-2-9-4-3-5-10(8-9)13-11(14)6-7-12/h3-5,8H,2,6-7H2,1H3,(H,13,14). The number of carbonyl (C=O) groups is 1. The maximum absolute atomic E-state index is 11.3. The van der Waals surface area contributed by atoms with Gasteiger partial charge in [0.1, 0.15) is 0 Å². The van der Waals surface area contributed by atoms with E-state index in [4.69, 9.17) is 0 Å². The Labute approximate surface area is 92.8 Å². The van der Waals surface area contributed by atoms with Crippen LogP contribution in [0.1, 0.15) is 18.9 Å². The van der Waals surface area contributed by atoms with Crippen molar-refractivity contribution in [2.24, 2.45) is 0 Å². The van der Waals surface area contributed by atoms with Crippen molar-refractivity contribution in [3.63, 3.8) is 0 Å². The van der Waals surface area contributed by atoms with Crippen molar-refractivity contribution >= 4 is 27.5 Å². The SMILES string of the molecule is CCc1cccc(NC(=O)CCBr)c1. The van der Waals surface area contributed by atoms with E-state index in [-0.39, 0.29) is 5.91 Å². The minimum Gasteiger partial charge on any atom is -0.326 e. The summed E-state index contributed by atoms with van der Waals surface area (Å²) >= 11 is 3.23. The first-order valence-corrected chi connectivity index (χ1v) is 5.83. The molecule has 0 bridgehead atoms. The molecule has 1 amide bonds. The zero-order valence-corrected chi connectivity index (χ0v) is 9.80. The van der Waals surface area contributed by atoms with Crippen molar-refractivity contribution in [3.05, 3.63) is 29.8 Å². The van der Waals surface area contributed by atoms with Crippen LogP contribution in [0.5, 0.6) is 0 Å². The first-order valence-electron chi connectivity index (χ1n) is 4.71. The molecule has 0 heterocycles. The van der Waals surface area contributed by atoms with Crippen molar-refractivity contribution in [1.29, 1.82) is 0 Å². The summed E-state index contributed by atoms with van der Waals surface area (Å²) in [5, 5.41) is 3.55. The molecule has 0 atom stereocenters. The van der Waals surface area contributed by atoms with E-state index in [1.54, 1.807) is 0 Å². The van der Waals surface area contributed by atoms with Gasteiger partial charge in [-0.25, -0.2) is 0 Å². The molecule has 0 saturated heterocycles. The molecule has 0 saturated carbocycles. The van der Waals surface area contributed by atoms with Crippen molar-refractivity contribution < 1.29 is 4.79 Å². The van der Waals surface area contributed by atoms with Crippen LogP contribution < -0.4 is 5.32 Å². The van der Waals surface area contributed by atoms with Gasteiger partial charge in [0.05, 0.1) is 0 Å². The van der Waals surface area contributed by atoms with Gasteiger partial charge < -0.3 is 5.32 Å². The van der Waals surface area contributed by atoms with Gasteiger partial charge in [-0.05, 0) is 24.1 Å². The van der Waals surface area contributed by atoms with Crippen molar-refractivity contribution in [3.8, 4) is 0 Å². The van der Waals surface area contributed by atoms with E-state index in [1.165, 1.54) is 5.56 Å². The van der Waals surface area contributed by atoms with Crippen LogP contribution in [-0.2, 0) is 11.2 Å². The fourth-order valence-corrected chi connectivity index (χ4v) is 1.54. The van der Waals surface area contributed by atoms with Gasteiger partial charge in [-0.3, -0.25) is 4.79 Å². The van der Waals surface area contributed by atoms with Crippen LogP contribution in [0.4, 0.5) is 5.69 Å². The average molecular weight is 256 g/mol. The van der Waals surface area contributed by atoms with Gasteiger partial charge in [-0.15, -0.1) is 0 Å². The van der Waals surface area contributed by atoms with E-state index in [2.05, 4.69) is 34.2 Å². The van der Waals surface area contributed by atoms with Crippen LogP contribution >= 0.6 is 15.9 Å². The van der Waals surface area contributed by atoms with Gasteiger partial charge in [0.2, 0.25) is 5.91 Å². The zero-order chi connectivity index (χ0) is 10.4. The van der Waals surface area contributed by atoms with E-state index < -0.39 is 0 Å². The number of alkyl halides is 1. The Bertz CT molecular complexity index is 312. The second kappa shape index (κ2) is 5.81. The quantitative estimate of drug-likeness (QED) is 0.824. The highest BCUT2D eigenvalue weighted by atomic mass is 79.9. The molecule has 0 aromatic heterocycles. The lowest BCUT2D eigenvalue weighted by Gasteiger charge is -2.05. The highest BCUT2D eigenvalue weighted by Crippen LogP contribution is 2.11. The Kier molecular flexibility index (Phi) is 4.66.